The van der Waals surface area contributed by atoms with Crippen LogP contribution >= 0.6 is 0 Å². The molecule has 0 aliphatic rings. The van der Waals surface area contributed by atoms with E-state index in [4.69, 9.17) is 4.52 Å². The summed E-state index contributed by atoms with van der Waals surface area (Å²) in [5.41, 5.74) is 0.335. The lowest BCUT2D eigenvalue weighted by atomic mass is 9.91. The molecule has 0 fully saturated rings. The molecule has 0 atom stereocenters. The number of likely N-dealkylation sites (N-methyl/N-ethyl adjacent to an activating group) is 1. The third-order valence-corrected chi connectivity index (χ3v) is 3.70. The number of rotatable bonds is 6. The first kappa shape index (κ1) is 14.7. The van der Waals surface area contributed by atoms with Gasteiger partial charge in [-0.15, -0.1) is 0 Å². The summed E-state index contributed by atoms with van der Waals surface area (Å²) in [5.74, 6) is 0.463. The van der Waals surface area contributed by atoms with Gasteiger partial charge in [0.15, 0.2) is 5.69 Å². The number of carbonyl (C=O) groups is 1. The lowest BCUT2D eigenvalue weighted by Gasteiger charge is -2.38. The van der Waals surface area contributed by atoms with Crippen LogP contribution in [0.15, 0.2) is 10.6 Å². The van der Waals surface area contributed by atoms with Crippen molar-refractivity contribution in [2.45, 2.75) is 39.2 Å². The third-order valence-electron chi connectivity index (χ3n) is 3.70. The molecule has 0 unspecified atom stereocenters. The molecule has 1 aromatic rings. The maximum atomic E-state index is 11.9. The highest BCUT2D eigenvalue weighted by atomic mass is 16.5. The van der Waals surface area contributed by atoms with Crippen LogP contribution in [0.4, 0.5) is 0 Å². The van der Waals surface area contributed by atoms with Crippen molar-refractivity contribution in [2.24, 2.45) is 0 Å². The predicted molar refractivity (Wildman–Crippen MR) is 70.6 cm³/mol. The second-order valence-corrected chi connectivity index (χ2v) is 4.83. The van der Waals surface area contributed by atoms with Crippen molar-refractivity contribution in [2.75, 3.05) is 20.6 Å². The molecular formula is C13H23N3O2. The van der Waals surface area contributed by atoms with Gasteiger partial charge in [-0.3, -0.25) is 4.79 Å². The Morgan fingerprint density at radius 3 is 2.44 bits per heavy atom. The number of hydrogen-bond acceptors (Lipinski definition) is 4. The quantitative estimate of drug-likeness (QED) is 0.840. The summed E-state index contributed by atoms with van der Waals surface area (Å²) in [6, 6.07) is 1.64. The van der Waals surface area contributed by atoms with Crippen LogP contribution in [0.2, 0.25) is 0 Å². The van der Waals surface area contributed by atoms with Gasteiger partial charge in [0.25, 0.3) is 5.91 Å². The van der Waals surface area contributed by atoms with Crippen LogP contribution in [-0.4, -0.2) is 42.1 Å². The van der Waals surface area contributed by atoms with Crippen LogP contribution in [0, 0.1) is 6.92 Å². The Morgan fingerprint density at radius 2 is 2.06 bits per heavy atom. The molecule has 102 valence electrons. The van der Waals surface area contributed by atoms with Gasteiger partial charge in [-0.25, -0.2) is 0 Å². The fourth-order valence-corrected chi connectivity index (χ4v) is 2.10. The number of aromatic nitrogens is 1. The molecule has 0 aliphatic carbocycles. The van der Waals surface area contributed by atoms with Crippen LogP contribution in [0.25, 0.3) is 0 Å². The van der Waals surface area contributed by atoms with E-state index in [1.165, 1.54) is 0 Å². The minimum atomic E-state index is -0.181. The smallest absolute Gasteiger partial charge is 0.273 e. The van der Waals surface area contributed by atoms with Gasteiger partial charge in [-0.05, 0) is 33.9 Å². The molecular weight excluding hydrogens is 230 g/mol. The molecule has 0 aromatic carbocycles. The summed E-state index contributed by atoms with van der Waals surface area (Å²) >= 11 is 0. The molecule has 1 rings (SSSR count). The fourth-order valence-electron chi connectivity index (χ4n) is 2.10. The minimum Gasteiger partial charge on any atom is -0.361 e. The van der Waals surface area contributed by atoms with Crippen molar-refractivity contribution in [3.05, 3.63) is 17.5 Å². The van der Waals surface area contributed by atoms with Gasteiger partial charge in [0.1, 0.15) is 5.76 Å². The average Bonchev–Trinajstić information content (AvgIpc) is 2.77. The first-order chi connectivity index (χ1) is 8.45. The highest BCUT2D eigenvalue weighted by molar-refractivity contribution is 5.92. The Labute approximate surface area is 109 Å². The van der Waals surface area contributed by atoms with Crippen molar-refractivity contribution in [1.29, 1.82) is 0 Å². The number of aryl methyl sites for hydroxylation is 1. The molecule has 1 amide bonds. The summed E-state index contributed by atoms with van der Waals surface area (Å²) < 4.78 is 4.90. The van der Waals surface area contributed by atoms with Crippen LogP contribution < -0.4 is 5.32 Å². The molecule has 0 aliphatic heterocycles. The summed E-state index contributed by atoms with van der Waals surface area (Å²) in [6.07, 6.45) is 1.96. The van der Waals surface area contributed by atoms with Crippen LogP contribution in [0.5, 0.6) is 0 Å². The van der Waals surface area contributed by atoms with Crippen molar-refractivity contribution in [1.82, 2.24) is 15.4 Å². The molecule has 0 spiro atoms. The van der Waals surface area contributed by atoms with E-state index < -0.39 is 0 Å². The Balaban J connectivity index is 2.66. The van der Waals surface area contributed by atoms with Crippen molar-refractivity contribution in [3.8, 4) is 0 Å². The molecule has 1 N–H and O–H groups in total. The molecule has 5 heteroatoms. The van der Waals surface area contributed by atoms with E-state index in [1.807, 2.05) is 14.1 Å². The second-order valence-electron chi connectivity index (χ2n) is 4.83. The number of nitrogens with zero attached hydrogens (tertiary/aromatic N) is 2. The number of amides is 1. The van der Waals surface area contributed by atoms with Crippen LogP contribution in [0.1, 0.15) is 42.9 Å². The molecule has 1 aromatic heterocycles. The maximum absolute atomic E-state index is 11.9. The molecule has 0 saturated heterocycles. The Morgan fingerprint density at radius 1 is 1.44 bits per heavy atom. The van der Waals surface area contributed by atoms with Crippen molar-refractivity contribution < 1.29 is 9.32 Å². The summed E-state index contributed by atoms with van der Waals surface area (Å²) in [7, 11) is 4.08. The molecule has 1 heterocycles. The van der Waals surface area contributed by atoms with Crippen molar-refractivity contribution >= 4 is 5.91 Å². The van der Waals surface area contributed by atoms with Gasteiger partial charge >= 0.3 is 0 Å². The first-order valence-corrected chi connectivity index (χ1v) is 6.34. The SMILES string of the molecule is CCC(CC)(CNC(=O)c1cc(C)on1)N(C)C. The van der Waals surface area contributed by atoms with Gasteiger partial charge < -0.3 is 14.7 Å². The van der Waals surface area contributed by atoms with E-state index >= 15 is 0 Å². The third kappa shape index (κ3) is 3.10. The van der Waals surface area contributed by atoms with E-state index in [2.05, 4.69) is 29.2 Å². The van der Waals surface area contributed by atoms with E-state index in [0.717, 1.165) is 12.8 Å². The zero-order valence-electron chi connectivity index (χ0n) is 11.9. The maximum Gasteiger partial charge on any atom is 0.273 e. The lowest BCUT2D eigenvalue weighted by molar-refractivity contribution is 0.0874. The highest BCUT2D eigenvalue weighted by Crippen LogP contribution is 2.20. The molecule has 18 heavy (non-hydrogen) atoms. The number of nitrogens with one attached hydrogen (secondary N) is 1. The topological polar surface area (TPSA) is 58.4 Å². The van der Waals surface area contributed by atoms with Gasteiger partial charge in [0.05, 0.1) is 0 Å². The van der Waals surface area contributed by atoms with Gasteiger partial charge in [-0.2, -0.15) is 0 Å². The van der Waals surface area contributed by atoms with Crippen LogP contribution in [0.3, 0.4) is 0 Å². The van der Waals surface area contributed by atoms with Gasteiger partial charge in [0, 0.05) is 18.2 Å². The van der Waals surface area contributed by atoms with Gasteiger partial charge in [0.2, 0.25) is 0 Å². The predicted octanol–water partition coefficient (Wildman–Crippen LogP) is 1.83. The second kappa shape index (κ2) is 6.00. The lowest BCUT2D eigenvalue weighted by Crippen LogP contribution is -2.52. The average molecular weight is 253 g/mol. The number of hydrogen-bond donors (Lipinski definition) is 1. The monoisotopic (exact) mass is 253 g/mol. The zero-order chi connectivity index (χ0) is 13.8. The first-order valence-electron chi connectivity index (χ1n) is 6.34. The Bertz CT molecular complexity index is 395. The Hall–Kier alpha value is -1.36. The van der Waals surface area contributed by atoms with Crippen molar-refractivity contribution in [3.63, 3.8) is 0 Å². The van der Waals surface area contributed by atoms with E-state index in [1.54, 1.807) is 13.0 Å². The normalized spacial score (nSPS) is 11.9. The molecule has 0 bridgehead atoms. The minimum absolute atomic E-state index is 0.00552. The molecule has 0 radical (unpaired) electrons. The standard InChI is InChI=1S/C13H23N3O2/c1-6-13(7-2,16(4)5)9-14-12(17)11-8-10(3)18-15-11/h8H,6-7,9H2,1-5H3,(H,14,17). The van der Waals surface area contributed by atoms with Gasteiger partial charge in [-0.1, -0.05) is 19.0 Å². The van der Waals surface area contributed by atoms with E-state index in [0.29, 0.717) is 18.0 Å². The zero-order valence-corrected chi connectivity index (χ0v) is 11.9. The largest absolute Gasteiger partial charge is 0.361 e. The fraction of sp³-hybridized carbons (Fsp3) is 0.692. The molecule has 5 nitrogen and oxygen atoms in total. The summed E-state index contributed by atoms with van der Waals surface area (Å²) in [6.45, 7) is 6.65. The highest BCUT2D eigenvalue weighted by Gasteiger charge is 2.29. The van der Waals surface area contributed by atoms with E-state index in [-0.39, 0.29) is 11.4 Å². The van der Waals surface area contributed by atoms with E-state index in [9.17, 15) is 4.79 Å². The van der Waals surface area contributed by atoms with Crippen LogP contribution in [-0.2, 0) is 0 Å². The molecule has 0 saturated carbocycles. The number of carbonyl (C=O) groups excluding carboxylic acids is 1. The summed E-state index contributed by atoms with van der Waals surface area (Å²) in [4.78, 5) is 14.1. The Kier molecular flexibility index (Phi) is 4.90. The summed E-state index contributed by atoms with van der Waals surface area (Å²) in [5, 5.41) is 6.65.